The Bertz CT molecular complexity index is 639. The van der Waals surface area contributed by atoms with E-state index in [1.54, 1.807) is 18.2 Å². The van der Waals surface area contributed by atoms with E-state index < -0.39 is 11.5 Å². The Morgan fingerprint density at radius 1 is 1.45 bits per heavy atom. The molecule has 0 spiro atoms. The number of benzene rings is 1. The van der Waals surface area contributed by atoms with Crippen molar-refractivity contribution in [1.29, 1.82) is 0 Å². The molecule has 2 rings (SSSR count). The van der Waals surface area contributed by atoms with Gasteiger partial charge in [-0.05, 0) is 41.1 Å². The first-order valence-electron chi connectivity index (χ1n) is 5.66. The van der Waals surface area contributed by atoms with Gasteiger partial charge in [-0.2, -0.15) is 0 Å². The van der Waals surface area contributed by atoms with Crippen molar-refractivity contribution in [2.45, 2.75) is 12.5 Å². The molecular weight excluding hydrogens is 346 g/mol. The van der Waals surface area contributed by atoms with E-state index in [9.17, 15) is 9.90 Å². The Labute approximate surface area is 129 Å². The zero-order valence-electron chi connectivity index (χ0n) is 10.5. The molecule has 5 nitrogen and oxygen atoms in total. The van der Waals surface area contributed by atoms with E-state index >= 15 is 0 Å². The number of nitrogens with zero attached hydrogens (tertiary/aromatic N) is 2. The molecule has 1 aromatic heterocycles. The van der Waals surface area contributed by atoms with Gasteiger partial charge < -0.3 is 10.4 Å². The Balaban J connectivity index is 2.39. The molecule has 20 heavy (non-hydrogen) atoms. The lowest BCUT2D eigenvalue weighted by Crippen LogP contribution is -2.41. The zero-order chi connectivity index (χ0) is 14.8. The molecular formula is C13H11BrClN3O2. The molecule has 0 saturated heterocycles. The second-order valence-corrected chi connectivity index (χ2v) is 5.54. The number of aliphatic carboxylic acids is 1. The number of carboxylic acid groups (broad SMARTS) is 1. The zero-order valence-corrected chi connectivity index (χ0v) is 12.8. The fraction of sp³-hybridized carbons (Fsp3) is 0.154. The quantitative estimate of drug-likeness (QED) is 0.879. The van der Waals surface area contributed by atoms with Crippen LogP contribution in [-0.4, -0.2) is 21.0 Å². The van der Waals surface area contributed by atoms with Crippen molar-refractivity contribution >= 4 is 39.2 Å². The van der Waals surface area contributed by atoms with Gasteiger partial charge in [0.05, 0.1) is 16.9 Å². The Hall–Kier alpha value is -1.66. The summed E-state index contributed by atoms with van der Waals surface area (Å²) in [5.74, 6) is -1.05. The van der Waals surface area contributed by atoms with Crippen LogP contribution in [0.5, 0.6) is 0 Å². The van der Waals surface area contributed by atoms with Crippen LogP contribution >= 0.6 is 27.5 Å². The fourth-order valence-corrected chi connectivity index (χ4v) is 2.14. The van der Waals surface area contributed by atoms with Crippen molar-refractivity contribution in [3.8, 4) is 0 Å². The molecule has 2 N–H and O–H groups in total. The lowest BCUT2D eigenvalue weighted by Gasteiger charge is -2.26. The van der Waals surface area contributed by atoms with Gasteiger partial charge in [0, 0.05) is 22.6 Å². The van der Waals surface area contributed by atoms with Crippen molar-refractivity contribution in [2.75, 3.05) is 5.32 Å². The van der Waals surface area contributed by atoms with Gasteiger partial charge >= 0.3 is 5.97 Å². The monoisotopic (exact) mass is 355 g/mol. The summed E-state index contributed by atoms with van der Waals surface area (Å²) in [6, 6.07) is 5.08. The molecule has 0 fully saturated rings. The summed E-state index contributed by atoms with van der Waals surface area (Å²) in [7, 11) is 0. The highest BCUT2D eigenvalue weighted by atomic mass is 79.9. The highest BCUT2D eigenvalue weighted by Crippen LogP contribution is 2.29. The first kappa shape index (κ1) is 14.7. The molecule has 0 aliphatic carbocycles. The summed E-state index contributed by atoms with van der Waals surface area (Å²) in [5.41, 5.74) is -0.461. The van der Waals surface area contributed by atoms with E-state index in [0.717, 1.165) is 0 Å². The number of carbonyl (C=O) groups is 1. The van der Waals surface area contributed by atoms with E-state index in [1.165, 1.54) is 25.5 Å². The van der Waals surface area contributed by atoms with Gasteiger partial charge in [0.25, 0.3) is 0 Å². The molecule has 0 aliphatic rings. The number of anilines is 1. The summed E-state index contributed by atoms with van der Waals surface area (Å²) in [6.07, 6.45) is 4.37. The van der Waals surface area contributed by atoms with E-state index in [1.807, 2.05) is 0 Å². The average Bonchev–Trinajstić information content (AvgIpc) is 2.43. The lowest BCUT2D eigenvalue weighted by atomic mass is 9.98. The van der Waals surface area contributed by atoms with Gasteiger partial charge in [0.1, 0.15) is 0 Å². The Morgan fingerprint density at radius 2 is 2.20 bits per heavy atom. The first-order valence-corrected chi connectivity index (χ1v) is 6.83. The molecule has 0 amide bonds. The summed E-state index contributed by atoms with van der Waals surface area (Å²) in [5, 5.41) is 13.0. The standard InChI is InChI=1S/C13H11BrClN3O2/c1-13(12(19)20,11-7-16-4-5-17-11)18-8-2-3-10(15)9(14)6-8/h2-7,18H,1H3,(H,19,20). The van der Waals surface area contributed by atoms with Crippen LogP contribution in [0, 0.1) is 0 Å². The molecule has 1 aromatic carbocycles. The van der Waals surface area contributed by atoms with Crippen LogP contribution < -0.4 is 5.32 Å². The van der Waals surface area contributed by atoms with Crippen molar-refractivity contribution in [3.05, 3.63) is 52.0 Å². The summed E-state index contributed by atoms with van der Waals surface area (Å²) < 4.78 is 0.677. The first-order chi connectivity index (χ1) is 9.43. The predicted octanol–water partition coefficient (Wildman–Crippen LogP) is 3.30. The molecule has 2 aromatic rings. The molecule has 1 unspecified atom stereocenters. The summed E-state index contributed by atoms with van der Waals surface area (Å²) in [6.45, 7) is 1.53. The van der Waals surface area contributed by atoms with E-state index in [4.69, 9.17) is 11.6 Å². The molecule has 1 atom stereocenters. The van der Waals surface area contributed by atoms with Crippen LogP contribution in [0.4, 0.5) is 5.69 Å². The third-order valence-corrected chi connectivity index (χ3v) is 4.03. The fourth-order valence-electron chi connectivity index (χ4n) is 1.65. The largest absolute Gasteiger partial charge is 0.479 e. The van der Waals surface area contributed by atoms with Crippen molar-refractivity contribution in [3.63, 3.8) is 0 Å². The molecule has 7 heteroatoms. The second kappa shape index (κ2) is 5.76. The molecule has 0 radical (unpaired) electrons. The third-order valence-electron chi connectivity index (χ3n) is 2.82. The second-order valence-electron chi connectivity index (χ2n) is 4.27. The molecule has 104 valence electrons. The normalized spacial score (nSPS) is 13.6. The van der Waals surface area contributed by atoms with Crippen LogP contribution in [0.25, 0.3) is 0 Å². The van der Waals surface area contributed by atoms with Crippen LogP contribution in [0.2, 0.25) is 5.02 Å². The smallest absolute Gasteiger partial charge is 0.335 e. The summed E-state index contributed by atoms with van der Waals surface area (Å²) >= 11 is 9.22. The van der Waals surface area contributed by atoms with Crippen LogP contribution in [0.1, 0.15) is 12.6 Å². The van der Waals surface area contributed by atoms with Crippen LogP contribution in [0.3, 0.4) is 0 Å². The Morgan fingerprint density at radius 3 is 2.75 bits per heavy atom. The maximum atomic E-state index is 11.6. The van der Waals surface area contributed by atoms with Crippen LogP contribution in [0.15, 0.2) is 41.3 Å². The lowest BCUT2D eigenvalue weighted by molar-refractivity contribution is -0.142. The van der Waals surface area contributed by atoms with Crippen molar-refractivity contribution in [2.24, 2.45) is 0 Å². The minimum atomic E-state index is -1.39. The van der Waals surface area contributed by atoms with E-state index in [-0.39, 0.29) is 0 Å². The van der Waals surface area contributed by atoms with Crippen molar-refractivity contribution in [1.82, 2.24) is 9.97 Å². The minimum Gasteiger partial charge on any atom is -0.479 e. The highest BCUT2D eigenvalue weighted by molar-refractivity contribution is 9.10. The topological polar surface area (TPSA) is 75.1 Å². The number of hydrogen-bond donors (Lipinski definition) is 2. The molecule has 1 heterocycles. The van der Waals surface area contributed by atoms with Gasteiger partial charge in [-0.3, -0.25) is 9.97 Å². The molecule has 0 saturated carbocycles. The Kier molecular flexibility index (Phi) is 4.25. The maximum Gasteiger partial charge on any atom is 0.335 e. The molecule has 0 bridgehead atoms. The third kappa shape index (κ3) is 2.91. The number of aromatic nitrogens is 2. The highest BCUT2D eigenvalue weighted by Gasteiger charge is 2.37. The van der Waals surface area contributed by atoms with E-state index in [0.29, 0.717) is 20.9 Å². The van der Waals surface area contributed by atoms with Gasteiger partial charge in [-0.25, -0.2) is 4.79 Å². The SMILES string of the molecule is CC(Nc1ccc(Cl)c(Br)c1)(C(=O)O)c1cnccn1. The van der Waals surface area contributed by atoms with Crippen LogP contribution in [-0.2, 0) is 10.3 Å². The number of halogens is 2. The predicted molar refractivity (Wildman–Crippen MR) is 79.8 cm³/mol. The maximum absolute atomic E-state index is 11.6. The number of carboxylic acids is 1. The number of rotatable bonds is 4. The minimum absolute atomic E-state index is 0.318. The van der Waals surface area contributed by atoms with Gasteiger partial charge in [-0.1, -0.05) is 11.6 Å². The number of hydrogen-bond acceptors (Lipinski definition) is 4. The van der Waals surface area contributed by atoms with Gasteiger partial charge in [0.2, 0.25) is 0 Å². The van der Waals surface area contributed by atoms with E-state index in [2.05, 4.69) is 31.2 Å². The summed E-state index contributed by atoms with van der Waals surface area (Å²) in [4.78, 5) is 19.6. The van der Waals surface area contributed by atoms with Crippen molar-refractivity contribution < 1.29 is 9.90 Å². The average molecular weight is 357 g/mol. The van der Waals surface area contributed by atoms with Gasteiger partial charge in [0.15, 0.2) is 5.54 Å². The number of nitrogens with one attached hydrogen (secondary N) is 1. The molecule has 0 aliphatic heterocycles. The van der Waals surface area contributed by atoms with Gasteiger partial charge in [-0.15, -0.1) is 0 Å².